The first-order chi connectivity index (χ1) is 18.3. The van der Waals surface area contributed by atoms with Crippen LogP contribution in [0.5, 0.6) is 11.5 Å². The molecule has 7 rings (SSSR count). The monoisotopic (exact) mass is 473 g/mol. The number of nitrogens with zero attached hydrogens (tertiary/aromatic N) is 1. The van der Waals surface area contributed by atoms with E-state index in [2.05, 4.69) is 114 Å². The van der Waals surface area contributed by atoms with Gasteiger partial charge in [-0.3, -0.25) is 4.98 Å². The van der Waals surface area contributed by atoms with E-state index in [-0.39, 0.29) is 0 Å². The number of pyridine rings is 1. The molecule has 0 saturated heterocycles. The van der Waals surface area contributed by atoms with Crippen LogP contribution < -0.4 is 4.74 Å². The SMILES string of the molecule is c1ccc(-c2cccc(Oc3c4ccccc4c(-c4ccc5ccccc5c4)c4cnccc34)c2)cc1. The smallest absolute Gasteiger partial charge is 0.143 e. The fourth-order valence-electron chi connectivity index (χ4n) is 5.23. The van der Waals surface area contributed by atoms with Crippen LogP contribution in [0.25, 0.3) is 54.6 Å². The maximum absolute atomic E-state index is 6.70. The molecule has 0 N–H and O–H groups in total. The molecule has 1 aromatic heterocycles. The van der Waals surface area contributed by atoms with Crippen LogP contribution in [0.15, 0.2) is 140 Å². The average molecular weight is 474 g/mol. The van der Waals surface area contributed by atoms with Gasteiger partial charge in [-0.05, 0) is 62.7 Å². The molecule has 0 spiro atoms. The van der Waals surface area contributed by atoms with Crippen LogP contribution in [0, 0.1) is 0 Å². The molecule has 2 heteroatoms. The molecule has 0 aliphatic carbocycles. The van der Waals surface area contributed by atoms with Gasteiger partial charge in [0.25, 0.3) is 0 Å². The zero-order valence-corrected chi connectivity index (χ0v) is 20.1. The van der Waals surface area contributed by atoms with Gasteiger partial charge < -0.3 is 4.74 Å². The molecule has 0 saturated carbocycles. The lowest BCUT2D eigenvalue weighted by molar-refractivity contribution is 0.494. The lowest BCUT2D eigenvalue weighted by Crippen LogP contribution is -1.93. The Morgan fingerprint density at radius 1 is 0.459 bits per heavy atom. The molecule has 0 atom stereocenters. The summed E-state index contributed by atoms with van der Waals surface area (Å²) in [7, 11) is 0. The normalized spacial score (nSPS) is 11.2. The second-order valence-electron chi connectivity index (χ2n) is 9.23. The maximum Gasteiger partial charge on any atom is 0.143 e. The van der Waals surface area contributed by atoms with Crippen molar-refractivity contribution in [2.24, 2.45) is 0 Å². The van der Waals surface area contributed by atoms with Gasteiger partial charge in [-0.15, -0.1) is 0 Å². The van der Waals surface area contributed by atoms with Crippen molar-refractivity contribution < 1.29 is 4.74 Å². The third-order valence-electron chi connectivity index (χ3n) is 6.98. The van der Waals surface area contributed by atoms with Crippen molar-refractivity contribution in [3.05, 3.63) is 140 Å². The van der Waals surface area contributed by atoms with Crippen molar-refractivity contribution in [2.75, 3.05) is 0 Å². The molecule has 6 aromatic carbocycles. The summed E-state index contributed by atoms with van der Waals surface area (Å²) in [5.74, 6) is 1.66. The molecule has 0 unspecified atom stereocenters. The summed E-state index contributed by atoms with van der Waals surface area (Å²) in [5.41, 5.74) is 4.64. The number of aromatic nitrogens is 1. The van der Waals surface area contributed by atoms with Crippen LogP contribution >= 0.6 is 0 Å². The number of ether oxygens (including phenoxy) is 1. The second-order valence-corrected chi connectivity index (χ2v) is 9.23. The van der Waals surface area contributed by atoms with Gasteiger partial charge >= 0.3 is 0 Å². The zero-order chi connectivity index (χ0) is 24.6. The summed E-state index contributed by atoms with van der Waals surface area (Å²) in [5, 5.41) is 6.80. The minimum absolute atomic E-state index is 0.808. The van der Waals surface area contributed by atoms with Crippen LogP contribution in [-0.2, 0) is 0 Å². The molecule has 2 nitrogen and oxygen atoms in total. The van der Waals surface area contributed by atoms with Gasteiger partial charge in [-0.2, -0.15) is 0 Å². The zero-order valence-electron chi connectivity index (χ0n) is 20.1. The molecule has 0 radical (unpaired) electrons. The highest BCUT2D eigenvalue weighted by molar-refractivity contribution is 6.17. The number of fused-ring (bicyclic) bond motifs is 3. The quantitative estimate of drug-likeness (QED) is 0.237. The Morgan fingerprint density at radius 3 is 2.08 bits per heavy atom. The highest BCUT2D eigenvalue weighted by atomic mass is 16.5. The van der Waals surface area contributed by atoms with E-state index in [1.807, 2.05) is 30.6 Å². The predicted molar refractivity (Wildman–Crippen MR) is 154 cm³/mol. The largest absolute Gasteiger partial charge is 0.456 e. The van der Waals surface area contributed by atoms with Gasteiger partial charge in [0, 0.05) is 28.6 Å². The second kappa shape index (κ2) is 8.92. The van der Waals surface area contributed by atoms with E-state index in [9.17, 15) is 0 Å². The van der Waals surface area contributed by atoms with Gasteiger partial charge in [0.15, 0.2) is 0 Å². The Kier molecular flexibility index (Phi) is 5.15. The number of benzene rings is 6. The van der Waals surface area contributed by atoms with Crippen LogP contribution in [0.1, 0.15) is 0 Å². The molecule has 37 heavy (non-hydrogen) atoms. The number of hydrogen-bond donors (Lipinski definition) is 0. The van der Waals surface area contributed by atoms with Crippen molar-refractivity contribution in [2.45, 2.75) is 0 Å². The first-order valence-corrected chi connectivity index (χ1v) is 12.5. The Labute approximate surface area is 215 Å². The van der Waals surface area contributed by atoms with Crippen molar-refractivity contribution >= 4 is 32.3 Å². The first kappa shape index (κ1) is 21.3. The van der Waals surface area contributed by atoms with E-state index in [1.54, 1.807) is 0 Å². The lowest BCUT2D eigenvalue weighted by Gasteiger charge is -2.18. The third kappa shape index (κ3) is 3.80. The Balaban J connectivity index is 1.45. The maximum atomic E-state index is 6.70. The van der Waals surface area contributed by atoms with E-state index in [1.165, 1.54) is 27.5 Å². The minimum atomic E-state index is 0.808. The summed E-state index contributed by atoms with van der Waals surface area (Å²) in [6.07, 6.45) is 3.80. The minimum Gasteiger partial charge on any atom is -0.456 e. The summed E-state index contributed by atoms with van der Waals surface area (Å²) >= 11 is 0. The Hall–Kier alpha value is -4.95. The molecule has 1 heterocycles. The van der Waals surface area contributed by atoms with Gasteiger partial charge in [-0.1, -0.05) is 103 Å². The topological polar surface area (TPSA) is 22.1 Å². The highest BCUT2D eigenvalue weighted by Crippen LogP contribution is 2.45. The van der Waals surface area contributed by atoms with Gasteiger partial charge in [-0.25, -0.2) is 0 Å². The third-order valence-corrected chi connectivity index (χ3v) is 6.98. The van der Waals surface area contributed by atoms with E-state index < -0.39 is 0 Å². The fourth-order valence-corrected chi connectivity index (χ4v) is 5.23. The van der Waals surface area contributed by atoms with E-state index in [0.29, 0.717) is 0 Å². The molecule has 0 aliphatic heterocycles. The molecular weight excluding hydrogens is 450 g/mol. The summed E-state index contributed by atoms with van der Waals surface area (Å²) in [6, 6.07) is 44.4. The van der Waals surface area contributed by atoms with Crippen molar-refractivity contribution in [1.29, 1.82) is 0 Å². The number of rotatable bonds is 4. The van der Waals surface area contributed by atoms with Crippen LogP contribution in [0.2, 0.25) is 0 Å². The van der Waals surface area contributed by atoms with Crippen molar-refractivity contribution in [1.82, 2.24) is 4.98 Å². The average Bonchev–Trinajstić information content (AvgIpc) is 2.97. The highest BCUT2D eigenvalue weighted by Gasteiger charge is 2.17. The van der Waals surface area contributed by atoms with E-state index >= 15 is 0 Å². The van der Waals surface area contributed by atoms with Crippen molar-refractivity contribution in [3.63, 3.8) is 0 Å². The Morgan fingerprint density at radius 2 is 1.19 bits per heavy atom. The van der Waals surface area contributed by atoms with Gasteiger partial charge in [0.05, 0.1) is 0 Å². The molecule has 174 valence electrons. The Bertz CT molecular complexity index is 1850. The fraction of sp³-hybridized carbons (Fsp3) is 0. The van der Waals surface area contributed by atoms with E-state index in [0.717, 1.165) is 38.6 Å². The van der Waals surface area contributed by atoms with Crippen LogP contribution in [-0.4, -0.2) is 4.98 Å². The van der Waals surface area contributed by atoms with Crippen molar-refractivity contribution in [3.8, 4) is 33.8 Å². The first-order valence-electron chi connectivity index (χ1n) is 12.5. The molecule has 0 aliphatic rings. The molecule has 0 amide bonds. The molecular formula is C35H23NO. The standard InChI is InChI=1S/C35H23NO/c1-2-9-24(10-3-1)27-13-8-14-29(22-27)37-35-31-16-7-6-15-30(31)34(33-23-36-20-19-32(33)35)28-18-17-25-11-4-5-12-26(25)21-28/h1-23H. The lowest BCUT2D eigenvalue weighted by atomic mass is 9.91. The van der Waals surface area contributed by atoms with Gasteiger partial charge in [0.2, 0.25) is 0 Å². The molecule has 0 fully saturated rings. The molecule has 0 bridgehead atoms. The van der Waals surface area contributed by atoms with Gasteiger partial charge in [0.1, 0.15) is 11.5 Å². The summed E-state index contributed by atoms with van der Waals surface area (Å²) < 4.78 is 6.70. The van der Waals surface area contributed by atoms with Crippen LogP contribution in [0.4, 0.5) is 0 Å². The molecule has 7 aromatic rings. The predicted octanol–water partition coefficient (Wildman–Crippen LogP) is 9.67. The summed E-state index contributed by atoms with van der Waals surface area (Å²) in [6.45, 7) is 0. The summed E-state index contributed by atoms with van der Waals surface area (Å²) in [4.78, 5) is 4.51. The van der Waals surface area contributed by atoms with E-state index in [4.69, 9.17) is 4.74 Å². The van der Waals surface area contributed by atoms with Crippen LogP contribution in [0.3, 0.4) is 0 Å². The number of hydrogen-bond acceptors (Lipinski definition) is 2.